The van der Waals surface area contributed by atoms with Gasteiger partial charge < -0.3 is 19.5 Å². The summed E-state index contributed by atoms with van der Waals surface area (Å²) in [4.78, 5) is 14.1. The third-order valence-corrected chi connectivity index (χ3v) is 4.62. The zero-order chi connectivity index (χ0) is 14.4. The predicted octanol–water partition coefficient (Wildman–Crippen LogP) is -0.251. The van der Waals surface area contributed by atoms with Crippen molar-refractivity contribution in [2.45, 2.75) is 43.2 Å². The van der Waals surface area contributed by atoms with Gasteiger partial charge in [-0.3, -0.25) is 4.90 Å². The smallest absolute Gasteiger partial charge is 0.355 e. The Kier molecular flexibility index (Phi) is 3.32. The van der Waals surface area contributed by atoms with Crippen molar-refractivity contribution >= 4 is 5.97 Å². The summed E-state index contributed by atoms with van der Waals surface area (Å²) in [5, 5.41) is 20.0. The number of piperidine rings is 1. The highest BCUT2D eigenvalue weighted by molar-refractivity contribution is 5.87. The van der Waals surface area contributed by atoms with Crippen LogP contribution in [0.15, 0.2) is 18.3 Å². The molecule has 6 nitrogen and oxygen atoms in total. The molecule has 2 bridgehead atoms. The number of aryl methyl sites for hydroxylation is 1. The molecular weight excluding hydrogens is 260 g/mol. The fourth-order valence-electron chi connectivity index (χ4n) is 3.41. The molecule has 6 heteroatoms. The minimum Gasteiger partial charge on any atom is -0.458 e. The number of nitrogens with zero attached hydrogens (tertiary/aromatic N) is 2. The first-order chi connectivity index (χ1) is 9.49. The van der Waals surface area contributed by atoms with E-state index < -0.39 is 12.2 Å². The van der Waals surface area contributed by atoms with Gasteiger partial charge in [0.2, 0.25) is 0 Å². The molecule has 0 aliphatic carbocycles. The van der Waals surface area contributed by atoms with E-state index in [1.165, 1.54) is 0 Å². The Morgan fingerprint density at radius 2 is 1.85 bits per heavy atom. The summed E-state index contributed by atoms with van der Waals surface area (Å²) in [5.74, 6) is -0.351. The van der Waals surface area contributed by atoms with Gasteiger partial charge in [-0.2, -0.15) is 0 Å². The topological polar surface area (TPSA) is 74.9 Å². The van der Waals surface area contributed by atoms with Crippen LogP contribution in [0.4, 0.5) is 0 Å². The molecular formula is C14H20N2O4. The molecule has 0 aromatic carbocycles. The first-order valence-corrected chi connectivity index (χ1v) is 6.89. The highest BCUT2D eigenvalue weighted by Gasteiger charge is 2.51. The fourth-order valence-corrected chi connectivity index (χ4v) is 3.41. The number of likely N-dealkylation sites (N-methyl/N-ethyl adjacent to an activating group) is 1. The molecule has 3 heterocycles. The van der Waals surface area contributed by atoms with Gasteiger partial charge in [0.05, 0.1) is 12.2 Å². The number of esters is 1. The quantitative estimate of drug-likeness (QED) is 0.731. The number of hydrogen-bond donors (Lipinski definition) is 2. The Bertz CT molecular complexity index is 489. The number of rotatable bonds is 2. The number of fused-ring (bicyclic) bond motifs is 2. The lowest BCUT2D eigenvalue weighted by atomic mass is 10.00. The molecule has 2 fully saturated rings. The molecule has 0 saturated carbocycles. The summed E-state index contributed by atoms with van der Waals surface area (Å²) in [5.41, 5.74) is 0.511. The first-order valence-electron chi connectivity index (χ1n) is 6.89. The van der Waals surface area contributed by atoms with Crippen LogP contribution in [-0.4, -0.2) is 63.1 Å². The van der Waals surface area contributed by atoms with Crippen LogP contribution in [-0.2, 0) is 11.8 Å². The third kappa shape index (κ3) is 2.04. The molecule has 3 rings (SSSR count). The largest absolute Gasteiger partial charge is 0.458 e. The van der Waals surface area contributed by atoms with Gasteiger partial charge in [-0.25, -0.2) is 4.79 Å². The summed E-state index contributed by atoms with van der Waals surface area (Å²) in [6.45, 7) is 0. The summed E-state index contributed by atoms with van der Waals surface area (Å²) in [7, 11) is 3.69. The van der Waals surface area contributed by atoms with E-state index in [0.717, 1.165) is 0 Å². The summed E-state index contributed by atoms with van der Waals surface area (Å²) < 4.78 is 7.25. The van der Waals surface area contributed by atoms with Gasteiger partial charge in [-0.1, -0.05) is 0 Å². The van der Waals surface area contributed by atoms with Gasteiger partial charge in [-0.15, -0.1) is 0 Å². The molecule has 2 aliphatic rings. The van der Waals surface area contributed by atoms with Gasteiger partial charge in [-0.05, 0) is 19.2 Å². The predicted molar refractivity (Wildman–Crippen MR) is 71.2 cm³/mol. The molecule has 1 aromatic heterocycles. The second-order valence-electron chi connectivity index (χ2n) is 5.78. The van der Waals surface area contributed by atoms with Crippen molar-refractivity contribution in [2.24, 2.45) is 7.05 Å². The van der Waals surface area contributed by atoms with Gasteiger partial charge in [0, 0.05) is 38.2 Å². The summed E-state index contributed by atoms with van der Waals surface area (Å²) in [6, 6.07) is 3.22. The van der Waals surface area contributed by atoms with E-state index in [1.807, 2.05) is 11.9 Å². The monoisotopic (exact) mass is 280 g/mol. The Morgan fingerprint density at radius 3 is 2.35 bits per heavy atom. The molecule has 0 amide bonds. The number of ether oxygens (including phenoxy) is 1. The maximum absolute atomic E-state index is 12.1. The molecule has 2 aliphatic heterocycles. The second-order valence-corrected chi connectivity index (χ2v) is 5.78. The van der Waals surface area contributed by atoms with Crippen LogP contribution in [0.5, 0.6) is 0 Å². The van der Waals surface area contributed by atoms with E-state index in [4.69, 9.17) is 4.74 Å². The van der Waals surface area contributed by atoms with Crippen molar-refractivity contribution in [1.29, 1.82) is 0 Å². The molecule has 5 atom stereocenters. The van der Waals surface area contributed by atoms with Crippen molar-refractivity contribution in [3.63, 3.8) is 0 Å². The zero-order valence-corrected chi connectivity index (χ0v) is 11.6. The number of carbonyl (C=O) groups excluding carboxylic acids is 1. The number of hydrogen-bond acceptors (Lipinski definition) is 5. The van der Waals surface area contributed by atoms with Gasteiger partial charge in [0.1, 0.15) is 11.8 Å². The van der Waals surface area contributed by atoms with Gasteiger partial charge in [0.15, 0.2) is 0 Å². The lowest BCUT2D eigenvalue weighted by molar-refractivity contribution is -0.0103. The SMILES string of the molecule is CN1[C@@H]2CC(OC(=O)c3cccn3C)C[C@H]1[C@@H](O)[C@H]2O. The molecule has 1 aromatic rings. The maximum Gasteiger partial charge on any atom is 0.355 e. The Hall–Kier alpha value is -1.37. The van der Waals surface area contributed by atoms with Crippen molar-refractivity contribution in [1.82, 2.24) is 9.47 Å². The minimum absolute atomic E-state index is 0.144. The molecule has 0 spiro atoms. The van der Waals surface area contributed by atoms with Crippen LogP contribution in [0, 0.1) is 0 Å². The summed E-state index contributed by atoms with van der Waals surface area (Å²) in [6.07, 6.45) is 1.13. The van der Waals surface area contributed by atoms with E-state index in [2.05, 4.69) is 0 Å². The lowest BCUT2D eigenvalue weighted by Crippen LogP contribution is -2.46. The van der Waals surface area contributed by atoms with Gasteiger partial charge in [0.25, 0.3) is 0 Å². The Balaban J connectivity index is 1.69. The van der Waals surface area contributed by atoms with Crippen LogP contribution in [0.1, 0.15) is 23.3 Å². The minimum atomic E-state index is -0.760. The third-order valence-electron chi connectivity index (χ3n) is 4.62. The van der Waals surface area contributed by atoms with E-state index in [1.54, 1.807) is 29.9 Å². The Labute approximate surface area is 117 Å². The zero-order valence-electron chi connectivity index (χ0n) is 11.6. The standard InChI is InChI=1S/C14H20N2O4/c1-15-5-3-4-9(15)14(19)20-8-6-10-12(17)13(18)11(7-8)16(10)2/h3-5,8,10-13,17-18H,6-7H2,1-2H3/t8?,10-,11+,12+,13-. The van der Waals surface area contributed by atoms with Crippen molar-refractivity contribution in [2.75, 3.05) is 7.05 Å². The number of carbonyl (C=O) groups is 1. The lowest BCUT2D eigenvalue weighted by Gasteiger charge is -2.35. The van der Waals surface area contributed by atoms with Crippen molar-refractivity contribution in [3.05, 3.63) is 24.0 Å². The summed E-state index contributed by atoms with van der Waals surface area (Å²) >= 11 is 0. The molecule has 20 heavy (non-hydrogen) atoms. The van der Waals surface area contributed by atoms with Crippen LogP contribution in [0.3, 0.4) is 0 Å². The number of aromatic nitrogens is 1. The average molecular weight is 280 g/mol. The fraction of sp³-hybridized carbons (Fsp3) is 0.643. The highest BCUT2D eigenvalue weighted by atomic mass is 16.5. The van der Waals surface area contributed by atoms with Crippen molar-refractivity contribution in [3.8, 4) is 0 Å². The van der Waals surface area contributed by atoms with Crippen LogP contribution in [0.25, 0.3) is 0 Å². The molecule has 2 N–H and O–H groups in total. The number of aliphatic hydroxyl groups excluding tert-OH is 2. The average Bonchev–Trinajstić information content (AvgIpc) is 2.88. The van der Waals surface area contributed by atoms with E-state index in [9.17, 15) is 15.0 Å². The first kappa shape index (κ1) is 13.6. The van der Waals surface area contributed by atoms with E-state index in [-0.39, 0.29) is 24.2 Å². The highest BCUT2D eigenvalue weighted by Crippen LogP contribution is 2.36. The maximum atomic E-state index is 12.1. The van der Waals surface area contributed by atoms with Crippen molar-refractivity contribution < 1.29 is 19.7 Å². The number of aliphatic hydroxyl groups is 2. The molecule has 0 radical (unpaired) electrons. The molecule has 1 unspecified atom stereocenters. The molecule has 110 valence electrons. The van der Waals surface area contributed by atoms with Gasteiger partial charge >= 0.3 is 5.97 Å². The molecule has 2 saturated heterocycles. The second kappa shape index (κ2) is 4.87. The van der Waals surface area contributed by atoms with Crippen LogP contribution >= 0.6 is 0 Å². The normalized spacial score (nSPS) is 37.1. The van der Waals surface area contributed by atoms with Crippen LogP contribution in [0.2, 0.25) is 0 Å². The van der Waals surface area contributed by atoms with Crippen LogP contribution < -0.4 is 0 Å². The van der Waals surface area contributed by atoms with E-state index >= 15 is 0 Å². The van der Waals surface area contributed by atoms with E-state index in [0.29, 0.717) is 18.5 Å². The Morgan fingerprint density at radius 1 is 1.25 bits per heavy atom.